The van der Waals surface area contributed by atoms with Crippen LogP contribution in [0.2, 0.25) is 0 Å². The first-order valence-electron chi connectivity index (χ1n) is 17.3. The number of hydrogen-bond donors (Lipinski definition) is 1. The Balaban J connectivity index is 0.000000421. The van der Waals surface area contributed by atoms with Gasteiger partial charge >= 0.3 is 0 Å². The average molecular weight is 606 g/mol. The van der Waals surface area contributed by atoms with Crippen LogP contribution in [0.25, 0.3) is 0 Å². The number of carbonyl (C=O) groups is 1. The topological polar surface area (TPSA) is 65.3 Å². The van der Waals surface area contributed by atoms with Crippen LogP contribution in [-0.4, -0.2) is 93.2 Å². The van der Waals surface area contributed by atoms with E-state index >= 15 is 0 Å². The third kappa shape index (κ3) is 11.1. The van der Waals surface area contributed by atoms with Gasteiger partial charge in [0.1, 0.15) is 5.75 Å². The van der Waals surface area contributed by atoms with E-state index in [1.54, 1.807) is 0 Å². The fraction of sp³-hybridized carbons (Fsp3) is 0.649. The molecule has 44 heavy (non-hydrogen) atoms. The van der Waals surface area contributed by atoms with Gasteiger partial charge in [-0.15, -0.1) is 0 Å². The fourth-order valence-electron chi connectivity index (χ4n) is 6.75. The van der Waals surface area contributed by atoms with Crippen LogP contribution in [0.3, 0.4) is 0 Å². The van der Waals surface area contributed by atoms with Crippen molar-refractivity contribution in [2.24, 2.45) is 17.6 Å². The molecule has 2 N–H and O–H groups in total. The van der Waals surface area contributed by atoms with Gasteiger partial charge in [0.05, 0.1) is 6.61 Å². The number of carbonyl (C=O) groups excluding carboxylic acids is 1. The highest BCUT2D eigenvalue weighted by Crippen LogP contribution is 2.27. The van der Waals surface area contributed by atoms with E-state index < -0.39 is 0 Å². The maximum atomic E-state index is 13.2. The third-order valence-electron chi connectivity index (χ3n) is 9.68. The monoisotopic (exact) mass is 605 g/mol. The van der Waals surface area contributed by atoms with E-state index in [1.165, 1.54) is 48.9 Å². The molecule has 1 aliphatic carbocycles. The number of nitrogens with two attached hydrogens (primary N) is 1. The zero-order chi connectivity index (χ0) is 31.3. The van der Waals surface area contributed by atoms with Gasteiger partial charge < -0.3 is 25.2 Å². The van der Waals surface area contributed by atoms with Gasteiger partial charge in [-0.2, -0.15) is 0 Å². The Morgan fingerprint density at radius 1 is 0.909 bits per heavy atom. The van der Waals surface area contributed by atoms with E-state index in [9.17, 15) is 4.79 Å². The molecule has 0 radical (unpaired) electrons. The second-order valence-electron chi connectivity index (χ2n) is 13.5. The van der Waals surface area contributed by atoms with Crippen LogP contribution >= 0.6 is 0 Å². The van der Waals surface area contributed by atoms with Gasteiger partial charge in [0, 0.05) is 70.0 Å². The molecule has 2 aromatic rings. The van der Waals surface area contributed by atoms with Crippen molar-refractivity contribution in [1.29, 1.82) is 0 Å². The normalized spacial score (nSPS) is 21.6. The first kappa shape index (κ1) is 34.3. The standard InChI is InChI=1S/C29H42N4O2.C8H17N/c1-24-5-7-25(8-6-24)23-31-18-20-33(21-19-31)29(34)26-13-16-32(17-14-26)27-9-11-28(12-10-27)35-22-4-15-30(2)3;1-2-7-4-3-5-8(9)6-7/h5-12,26H,4,13-23H2,1-3H3;7-8H,2-6,9H2,1H3. The first-order chi connectivity index (χ1) is 21.3. The van der Waals surface area contributed by atoms with Crippen LogP contribution in [-0.2, 0) is 11.3 Å². The molecule has 0 aromatic heterocycles. The Kier molecular flexibility index (Phi) is 13.8. The molecule has 7 nitrogen and oxygen atoms in total. The minimum Gasteiger partial charge on any atom is -0.494 e. The fourth-order valence-corrected chi connectivity index (χ4v) is 6.75. The molecule has 2 unspecified atom stereocenters. The van der Waals surface area contributed by atoms with Gasteiger partial charge in [-0.25, -0.2) is 0 Å². The summed E-state index contributed by atoms with van der Waals surface area (Å²) < 4.78 is 5.86. The molecule has 1 amide bonds. The van der Waals surface area contributed by atoms with Crippen LogP contribution in [0, 0.1) is 18.8 Å². The van der Waals surface area contributed by atoms with Crippen molar-refractivity contribution in [1.82, 2.24) is 14.7 Å². The summed E-state index contributed by atoms with van der Waals surface area (Å²) in [6.07, 6.45) is 9.54. The van der Waals surface area contributed by atoms with Crippen LogP contribution < -0.4 is 15.4 Å². The number of amides is 1. The number of piperidine rings is 1. The Labute approximate surface area is 267 Å². The van der Waals surface area contributed by atoms with Crippen LogP contribution in [0.1, 0.15) is 69.4 Å². The summed E-state index contributed by atoms with van der Waals surface area (Å²) >= 11 is 0. The Bertz CT molecular complexity index is 1090. The number of piperazine rings is 1. The number of anilines is 1. The molecular formula is C37H59N5O2. The summed E-state index contributed by atoms with van der Waals surface area (Å²) in [7, 11) is 4.17. The molecule has 2 saturated heterocycles. The number of benzene rings is 2. The summed E-state index contributed by atoms with van der Waals surface area (Å²) in [4.78, 5) is 22.3. The van der Waals surface area contributed by atoms with Gasteiger partial charge in [0.25, 0.3) is 0 Å². The molecule has 2 atom stereocenters. The van der Waals surface area contributed by atoms with Crippen LogP contribution in [0.4, 0.5) is 5.69 Å². The predicted molar refractivity (Wildman–Crippen MR) is 183 cm³/mol. The lowest BCUT2D eigenvalue weighted by Gasteiger charge is -2.39. The maximum Gasteiger partial charge on any atom is 0.225 e. The molecule has 2 aromatic carbocycles. The molecule has 0 spiro atoms. The maximum absolute atomic E-state index is 13.2. The van der Waals surface area contributed by atoms with Gasteiger partial charge in [-0.05, 0) is 88.9 Å². The molecule has 3 aliphatic rings. The summed E-state index contributed by atoms with van der Waals surface area (Å²) in [5, 5.41) is 0. The van der Waals surface area contributed by atoms with Crippen molar-refractivity contribution >= 4 is 11.6 Å². The van der Waals surface area contributed by atoms with Crippen molar-refractivity contribution < 1.29 is 9.53 Å². The quantitative estimate of drug-likeness (QED) is 0.346. The summed E-state index contributed by atoms with van der Waals surface area (Å²) in [6, 6.07) is 17.7. The lowest BCUT2D eigenvalue weighted by Crippen LogP contribution is -2.51. The lowest BCUT2D eigenvalue weighted by atomic mass is 9.85. The number of nitrogens with zero attached hydrogens (tertiary/aromatic N) is 4. The van der Waals surface area contributed by atoms with E-state index in [1.807, 2.05) is 0 Å². The Hall–Kier alpha value is -2.61. The van der Waals surface area contributed by atoms with Crippen LogP contribution in [0.5, 0.6) is 5.75 Å². The van der Waals surface area contributed by atoms with Crippen molar-refractivity contribution in [3.63, 3.8) is 0 Å². The van der Waals surface area contributed by atoms with Gasteiger partial charge in [0.2, 0.25) is 5.91 Å². The van der Waals surface area contributed by atoms with E-state index in [2.05, 4.69) is 96.1 Å². The molecular weight excluding hydrogens is 546 g/mol. The van der Waals surface area contributed by atoms with Gasteiger partial charge in [-0.1, -0.05) is 56.0 Å². The smallest absolute Gasteiger partial charge is 0.225 e. The van der Waals surface area contributed by atoms with Crippen molar-refractivity contribution in [3.05, 3.63) is 59.7 Å². The molecule has 3 fully saturated rings. The second kappa shape index (κ2) is 17.8. The number of ether oxygens (including phenoxy) is 1. The van der Waals surface area contributed by atoms with Gasteiger partial charge in [0.15, 0.2) is 0 Å². The van der Waals surface area contributed by atoms with Crippen LogP contribution in [0.15, 0.2) is 48.5 Å². The third-order valence-corrected chi connectivity index (χ3v) is 9.68. The molecule has 0 bridgehead atoms. The van der Waals surface area contributed by atoms with Gasteiger partial charge in [-0.3, -0.25) is 9.69 Å². The minimum atomic E-state index is 0.161. The largest absolute Gasteiger partial charge is 0.494 e. The Morgan fingerprint density at radius 3 is 2.18 bits per heavy atom. The number of hydrogen-bond acceptors (Lipinski definition) is 6. The SMILES string of the molecule is CCC1CCCC(N)C1.Cc1ccc(CN2CCN(C(=O)C3CCN(c4ccc(OCCCN(C)C)cc4)CC3)CC2)cc1. The molecule has 244 valence electrons. The lowest BCUT2D eigenvalue weighted by molar-refractivity contribution is -0.138. The average Bonchev–Trinajstić information content (AvgIpc) is 3.05. The highest BCUT2D eigenvalue weighted by molar-refractivity contribution is 5.79. The number of rotatable bonds is 10. The van der Waals surface area contributed by atoms with E-state index in [-0.39, 0.29) is 5.92 Å². The minimum absolute atomic E-state index is 0.161. The molecule has 1 saturated carbocycles. The summed E-state index contributed by atoms with van der Waals surface area (Å²) in [6.45, 7) is 12.6. The second-order valence-corrected chi connectivity index (χ2v) is 13.5. The zero-order valence-corrected chi connectivity index (χ0v) is 28.1. The van der Waals surface area contributed by atoms with E-state index in [4.69, 9.17) is 10.5 Å². The first-order valence-corrected chi connectivity index (χ1v) is 17.3. The number of aryl methyl sites for hydroxylation is 1. The van der Waals surface area contributed by atoms with Crippen molar-refractivity contribution in [3.8, 4) is 5.75 Å². The molecule has 7 heteroatoms. The predicted octanol–water partition coefficient (Wildman–Crippen LogP) is 5.80. The summed E-state index contributed by atoms with van der Waals surface area (Å²) in [5.41, 5.74) is 9.68. The van der Waals surface area contributed by atoms with Crippen molar-refractivity contribution in [2.45, 2.75) is 77.8 Å². The van der Waals surface area contributed by atoms with Crippen molar-refractivity contribution in [2.75, 3.05) is 71.4 Å². The summed E-state index contributed by atoms with van der Waals surface area (Å²) in [5.74, 6) is 2.39. The highest BCUT2D eigenvalue weighted by Gasteiger charge is 2.30. The molecule has 2 aliphatic heterocycles. The highest BCUT2D eigenvalue weighted by atomic mass is 16.5. The Morgan fingerprint density at radius 2 is 1.59 bits per heavy atom. The van der Waals surface area contributed by atoms with E-state index in [0.717, 1.165) is 89.9 Å². The zero-order valence-electron chi connectivity index (χ0n) is 28.1. The molecule has 5 rings (SSSR count). The molecule has 2 heterocycles. The van der Waals surface area contributed by atoms with E-state index in [0.29, 0.717) is 11.9 Å².